The van der Waals surface area contributed by atoms with Gasteiger partial charge >= 0.3 is 11.9 Å². The maximum atomic E-state index is 9.90. The average molecular weight is 178 g/mol. The van der Waals surface area contributed by atoms with E-state index in [1.165, 1.54) is 13.8 Å². The number of hydrogen-bond acceptors (Lipinski definition) is 4. The summed E-state index contributed by atoms with van der Waals surface area (Å²) >= 11 is 0. The van der Waals surface area contributed by atoms with Crippen LogP contribution in [0.25, 0.3) is 0 Å². The number of carboxylic acids is 2. The standard InChI is InChI=1S/C4H9NO2.C2H5NO2/c1-4(2,5)3(6)7;3-1-2(4)5/h5H2,1-2H3,(H,6,7);1,3H2,(H,4,5). The van der Waals surface area contributed by atoms with Crippen LogP contribution in [0.5, 0.6) is 0 Å². The number of rotatable bonds is 2. The highest BCUT2D eigenvalue weighted by Gasteiger charge is 2.19. The SMILES string of the molecule is CC(C)(N)C(=O)O.NCC(=O)O. The summed E-state index contributed by atoms with van der Waals surface area (Å²) in [6.45, 7) is 2.60. The van der Waals surface area contributed by atoms with Crippen molar-refractivity contribution >= 4 is 11.9 Å². The highest BCUT2D eigenvalue weighted by Crippen LogP contribution is 1.93. The van der Waals surface area contributed by atoms with E-state index >= 15 is 0 Å². The Balaban J connectivity index is 0. The van der Waals surface area contributed by atoms with Gasteiger partial charge in [-0.25, -0.2) is 0 Å². The molecule has 6 heteroatoms. The molecule has 0 aromatic carbocycles. The summed E-state index contributed by atoms with van der Waals surface area (Å²) in [6, 6.07) is 0. The molecule has 0 saturated carbocycles. The van der Waals surface area contributed by atoms with Gasteiger partial charge in [0.2, 0.25) is 0 Å². The summed E-state index contributed by atoms with van der Waals surface area (Å²) in [7, 11) is 0. The molecule has 0 aliphatic heterocycles. The minimum atomic E-state index is -1.08. The molecule has 0 amide bonds. The van der Waals surface area contributed by atoms with E-state index in [1.54, 1.807) is 0 Å². The Hall–Kier alpha value is -1.14. The molecule has 0 aliphatic carbocycles. The topological polar surface area (TPSA) is 127 Å². The van der Waals surface area contributed by atoms with Gasteiger partial charge in [-0.15, -0.1) is 0 Å². The van der Waals surface area contributed by atoms with Crippen molar-refractivity contribution in [2.24, 2.45) is 11.5 Å². The van der Waals surface area contributed by atoms with Crippen molar-refractivity contribution in [3.63, 3.8) is 0 Å². The van der Waals surface area contributed by atoms with Crippen LogP contribution in [0.3, 0.4) is 0 Å². The minimum absolute atomic E-state index is 0.278. The highest BCUT2D eigenvalue weighted by molar-refractivity contribution is 5.77. The quantitative estimate of drug-likeness (QED) is 0.422. The first-order chi connectivity index (χ1) is 5.21. The number of nitrogens with two attached hydrogens (primary N) is 2. The Morgan fingerprint density at radius 2 is 1.50 bits per heavy atom. The molecular weight excluding hydrogens is 164 g/mol. The van der Waals surface area contributed by atoms with Gasteiger partial charge in [0.25, 0.3) is 0 Å². The molecule has 6 N–H and O–H groups in total. The van der Waals surface area contributed by atoms with E-state index in [2.05, 4.69) is 5.73 Å². The van der Waals surface area contributed by atoms with E-state index < -0.39 is 17.5 Å². The first-order valence-corrected chi connectivity index (χ1v) is 3.16. The van der Waals surface area contributed by atoms with Gasteiger partial charge in [-0.05, 0) is 13.8 Å². The molecule has 0 unspecified atom stereocenters. The van der Waals surface area contributed by atoms with Crippen LogP contribution < -0.4 is 11.5 Å². The fourth-order valence-electron chi connectivity index (χ4n) is 0. The zero-order valence-electron chi connectivity index (χ0n) is 7.07. The Bertz CT molecular complexity index is 161. The van der Waals surface area contributed by atoms with E-state index in [1.807, 2.05) is 0 Å². The summed E-state index contributed by atoms with van der Waals surface area (Å²) in [5.41, 5.74) is 8.57. The maximum Gasteiger partial charge on any atom is 0.323 e. The molecule has 0 atom stereocenters. The van der Waals surface area contributed by atoms with E-state index in [0.29, 0.717) is 0 Å². The molecule has 12 heavy (non-hydrogen) atoms. The molecule has 0 heterocycles. The first kappa shape index (κ1) is 13.4. The summed E-state index contributed by atoms with van der Waals surface area (Å²) in [4.78, 5) is 19.1. The van der Waals surface area contributed by atoms with Gasteiger partial charge < -0.3 is 21.7 Å². The Kier molecular flexibility index (Phi) is 6.17. The van der Waals surface area contributed by atoms with Crippen LogP contribution in [0, 0.1) is 0 Å². The van der Waals surface area contributed by atoms with Gasteiger partial charge in [0.1, 0.15) is 5.54 Å². The van der Waals surface area contributed by atoms with Crippen molar-refractivity contribution in [3.8, 4) is 0 Å². The lowest BCUT2D eigenvalue weighted by atomic mass is 10.1. The Labute approximate surface area is 70.2 Å². The second kappa shape index (κ2) is 5.50. The molecule has 0 aromatic rings. The lowest BCUT2D eigenvalue weighted by molar-refractivity contribution is -0.142. The predicted octanol–water partition coefficient (Wildman–Crippen LogP) is -1.16. The molecule has 6 nitrogen and oxygen atoms in total. The number of aliphatic carboxylic acids is 2. The van der Waals surface area contributed by atoms with Crippen molar-refractivity contribution in [3.05, 3.63) is 0 Å². The molecule has 0 saturated heterocycles. The number of carboxylic acid groups (broad SMARTS) is 2. The van der Waals surface area contributed by atoms with E-state index in [0.717, 1.165) is 0 Å². The molecule has 0 fully saturated rings. The van der Waals surface area contributed by atoms with Gasteiger partial charge in [0, 0.05) is 0 Å². The van der Waals surface area contributed by atoms with Crippen molar-refractivity contribution in [1.82, 2.24) is 0 Å². The van der Waals surface area contributed by atoms with Crippen molar-refractivity contribution in [2.45, 2.75) is 19.4 Å². The molecule has 0 radical (unpaired) electrons. The molecule has 72 valence electrons. The Morgan fingerprint density at radius 1 is 1.33 bits per heavy atom. The largest absolute Gasteiger partial charge is 0.480 e. The van der Waals surface area contributed by atoms with E-state index in [4.69, 9.17) is 15.9 Å². The first-order valence-electron chi connectivity index (χ1n) is 3.16. The van der Waals surface area contributed by atoms with Crippen molar-refractivity contribution in [2.75, 3.05) is 6.54 Å². The summed E-state index contributed by atoms with van der Waals surface area (Å²) in [5, 5.41) is 15.7. The summed E-state index contributed by atoms with van der Waals surface area (Å²) < 4.78 is 0. The second-order valence-corrected chi connectivity index (χ2v) is 2.62. The number of carbonyl (C=O) groups is 2. The Morgan fingerprint density at radius 3 is 1.50 bits per heavy atom. The molecule has 0 rings (SSSR count). The zero-order valence-corrected chi connectivity index (χ0v) is 7.07. The highest BCUT2D eigenvalue weighted by atomic mass is 16.4. The fraction of sp³-hybridized carbons (Fsp3) is 0.667. The van der Waals surface area contributed by atoms with Crippen LogP contribution in [0.1, 0.15) is 13.8 Å². The fourth-order valence-corrected chi connectivity index (χ4v) is 0. The van der Waals surface area contributed by atoms with E-state index in [-0.39, 0.29) is 6.54 Å². The summed E-state index contributed by atoms with van der Waals surface area (Å²) in [5.74, 6) is -1.95. The van der Waals surface area contributed by atoms with Crippen LogP contribution in [-0.2, 0) is 9.59 Å². The van der Waals surface area contributed by atoms with Crippen molar-refractivity contribution in [1.29, 1.82) is 0 Å². The van der Waals surface area contributed by atoms with Crippen LogP contribution >= 0.6 is 0 Å². The summed E-state index contributed by atoms with van der Waals surface area (Å²) in [6.07, 6.45) is 0. The number of hydrogen-bond donors (Lipinski definition) is 4. The zero-order chi connectivity index (χ0) is 10.4. The predicted molar refractivity (Wildman–Crippen MR) is 42.6 cm³/mol. The lowest BCUT2D eigenvalue weighted by Crippen LogP contribution is -2.41. The van der Waals surface area contributed by atoms with Crippen LogP contribution in [0.2, 0.25) is 0 Å². The third-order valence-electron chi connectivity index (χ3n) is 0.726. The second-order valence-electron chi connectivity index (χ2n) is 2.62. The third-order valence-corrected chi connectivity index (χ3v) is 0.726. The normalized spacial score (nSPS) is 9.67. The third kappa shape index (κ3) is 11.6. The van der Waals surface area contributed by atoms with Gasteiger partial charge in [0.05, 0.1) is 6.54 Å². The van der Waals surface area contributed by atoms with E-state index in [9.17, 15) is 9.59 Å². The minimum Gasteiger partial charge on any atom is -0.480 e. The van der Waals surface area contributed by atoms with Gasteiger partial charge in [-0.1, -0.05) is 0 Å². The average Bonchev–Trinajstić information content (AvgIpc) is 1.87. The van der Waals surface area contributed by atoms with Crippen LogP contribution in [0.4, 0.5) is 0 Å². The van der Waals surface area contributed by atoms with Gasteiger partial charge in [0.15, 0.2) is 0 Å². The van der Waals surface area contributed by atoms with Crippen LogP contribution in [0.15, 0.2) is 0 Å². The maximum absolute atomic E-state index is 9.90. The smallest absolute Gasteiger partial charge is 0.323 e. The molecule has 0 aliphatic rings. The van der Waals surface area contributed by atoms with Gasteiger partial charge in [-0.2, -0.15) is 0 Å². The van der Waals surface area contributed by atoms with Crippen LogP contribution in [-0.4, -0.2) is 34.2 Å². The van der Waals surface area contributed by atoms with Gasteiger partial charge in [-0.3, -0.25) is 9.59 Å². The lowest BCUT2D eigenvalue weighted by Gasteiger charge is -2.09. The molecule has 0 spiro atoms. The van der Waals surface area contributed by atoms with Crippen molar-refractivity contribution < 1.29 is 19.8 Å². The molecule has 0 bridgehead atoms. The monoisotopic (exact) mass is 178 g/mol. The molecular formula is C6H14N2O4. The molecule has 0 aromatic heterocycles.